The van der Waals surface area contributed by atoms with Crippen molar-refractivity contribution >= 4 is 16.9 Å². The van der Waals surface area contributed by atoms with Crippen molar-refractivity contribution in [3.05, 3.63) is 52.3 Å². The Balaban J connectivity index is 2.69. The first-order valence-corrected chi connectivity index (χ1v) is 9.73. The monoisotopic (exact) mass is 356 g/mol. The highest BCUT2D eigenvalue weighted by Gasteiger charge is 2.19. The lowest BCUT2D eigenvalue weighted by molar-refractivity contribution is -0.109. The zero-order valence-corrected chi connectivity index (χ0v) is 16.7. The third-order valence-electron chi connectivity index (χ3n) is 4.26. The smallest absolute Gasteiger partial charge is 0.186 e. The molecule has 0 aliphatic heterocycles. The second-order valence-corrected chi connectivity index (χ2v) is 8.08. The first-order chi connectivity index (χ1) is 11.8. The first kappa shape index (κ1) is 19.7. The Bertz CT molecular complexity index is 751. The van der Waals surface area contributed by atoms with Crippen molar-refractivity contribution < 1.29 is 4.79 Å². The second-order valence-electron chi connectivity index (χ2n) is 6.92. The molecule has 1 aromatic heterocycles. The summed E-state index contributed by atoms with van der Waals surface area (Å²) in [6, 6.07) is 8.53. The lowest BCUT2D eigenvalue weighted by atomic mass is 9.90. The van der Waals surface area contributed by atoms with Gasteiger partial charge in [-0.2, -0.15) is 0 Å². The Hall–Kier alpha value is -1.65. The van der Waals surface area contributed by atoms with Crippen LogP contribution in [0.4, 0.5) is 0 Å². The number of nitrogens with two attached hydrogens (primary N) is 1. The van der Waals surface area contributed by atoms with Crippen LogP contribution in [0.1, 0.15) is 48.8 Å². The lowest BCUT2D eigenvalue weighted by Crippen LogP contribution is -2.13. The van der Waals surface area contributed by atoms with E-state index in [0.717, 1.165) is 34.5 Å². The topological polar surface area (TPSA) is 56.0 Å². The van der Waals surface area contributed by atoms with Crippen LogP contribution in [0.2, 0.25) is 0 Å². The molecule has 0 bridgehead atoms. The van der Waals surface area contributed by atoms with E-state index in [2.05, 4.69) is 45.0 Å². The van der Waals surface area contributed by atoms with E-state index in [0.29, 0.717) is 18.2 Å². The fraction of sp³-hybridized carbons (Fsp3) is 0.429. The molecule has 2 N–H and O–H groups in total. The molecule has 1 heterocycles. The number of hydrogen-bond donors (Lipinski definition) is 1. The van der Waals surface area contributed by atoms with Crippen LogP contribution in [0, 0.1) is 19.8 Å². The van der Waals surface area contributed by atoms with Crippen molar-refractivity contribution in [1.82, 2.24) is 4.98 Å². The summed E-state index contributed by atoms with van der Waals surface area (Å²) in [6.07, 6.45) is 0.909. The van der Waals surface area contributed by atoms with E-state index in [1.807, 2.05) is 6.92 Å². The molecule has 3 nitrogen and oxygen atoms in total. The van der Waals surface area contributed by atoms with E-state index in [9.17, 15) is 4.79 Å². The van der Waals surface area contributed by atoms with Crippen LogP contribution < -0.4 is 5.73 Å². The molecule has 0 aliphatic rings. The number of aromatic nitrogens is 1. The molecule has 0 saturated heterocycles. The summed E-state index contributed by atoms with van der Waals surface area (Å²) in [5.41, 5.74) is 14.0. The predicted octanol–water partition coefficient (Wildman–Crippen LogP) is 4.80. The summed E-state index contributed by atoms with van der Waals surface area (Å²) < 4.78 is 0. The van der Waals surface area contributed by atoms with Crippen molar-refractivity contribution in [3.63, 3.8) is 0 Å². The summed E-state index contributed by atoms with van der Waals surface area (Å²) in [6.45, 7) is 10.6. The van der Waals surface area contributed by atoms with Crippen molar-refractivity contribution in [2.24, 2.45) is 11.7 Å². The zero-order chi connectivity index (χ0) is 18.6. The number of hydrogen-bond acceptors (Lipinski definition) is 4. The number of nitrogens with zero attached hydrogens (tertiary/aromatic N) is 1. The van der Waals surface area contributed by atoms with Crippen LogP contribution in [0.5, 0.6) is 0 Å². The second kappa shape index (κ2) is 8.63. The summed E-state index contributed by atoms with van der Waals surface area (Å²) in [4.78, 5) is 16.4. The van der Waals surface area contributed by atoms with Crippen LogP contribution >= 0.6 is 11.8 Å². The SMILES string of the molecule is CC(=O)SCc1c(C)nc(CC(C)C)c(CN)c1-c1ccc(C)cc1. The number of rotatable bonds is 6. The standard InChI is InChI=1S/C21H28N2OS/c1-13(2)10-20-18(11-22)21(17-8-6-14(3)7-9-17)19(15(4)23-20)12-25-16(5)24/h6-9,13H,10-12,22H2,1-5H3. The molecule has 0 unspecified atom stereocenters. The van der Waals surface area contributed by atoms with E-state index in [-0.39, 0.29) is 5.12 Å². The number of benzene rings is 1. The average molecular weight is 357 g/mol. The van der Waals surface area contributed by atoms with Crippen LogP contribution in [0.25, 0.3) is 11.1 Å². The van der Waals surface area contributed by atoms with Gasteiger partial charge in [-0.15, -0.1) is 0 Å². The maximum absolute atomic E-state index is 11.5. The minimum Gasteiger partial charge on any atom is -0.326 e. The minimum absolute atomic E-state index is 0.120. The van der Waals surface area contributed by atoms with Crippen LogP contribution in [0.15, 0.2) is 24.3 Å². The molecule has 0 saturated carbocycles. The fourth-order valence-corrected chi connectivity index (χ4v) is 3.74. The molecule has 4 heteroatoms. The Kier molecular flexibility index (Phi) is 6.79. The predicted molar refractivity (Wildman–Crippen MR) is 108 cm³/mol. The molecule has 0 aliphatic carbocycles. The molecular formula is C21H28N2OS. The molecule has 0 fully saturated rings. The van der Waals surface area contributed by atoms with Gasteiger partial charge in [0.15, 0.2) is 5.12 Å². The maximum Gasteiger partial charge on any atom is 0.186 e. The number of carbonyl (C=O) groups excluding carboxylic acids is 1. The van der Waals surface area contributed by atoms with Gasteiger partial charge in [0, 0.05) is 30.6 Å². The Morgan fingerprint density at radius 2 is 1.80 bits per heavy atom. The third kappa shape index (κ3) is 4.93. The molecule has 0 amide bonds. The van der Waals surface area contributed by atoms with Gasteiger partial charge in [0.05, 0.1) is 0 Å². The molecule has 0 spiro atoms. The molecule has 134 valence electrons. The highest BCUT2D eigenvalue weighted by atomic mass is 32.2. The minimum atomic E-state index is 0.120. The van der Waals surface area contributed by atoms with E-state index in [1.54, 1.807) is 6.92 Å². The first-order valence-electron chi connectivity index (χ1n) is 8.75. The van der Waals surface area contributed by atoms with E-state index >= 15 is 0 Å². The summed E-state index contributed by atoms with van der Waals surface area (Å²) in [5, 5.41) is 0.120. The summed E-state index contributed by atoms with van der Waals surface area (Å²) >= 11 is 1.33. The normalized spacial score (nSPS) is 11.2. The molecule has 2 rings (SSSR count). The van der Waals surface area contributed by atoms with Crippen molar-refractivity contribution in [2.75, 3.05) is 0 Å². The molecule has 1 aromatic carbocycles. The van der Waals surface area contributed by atoms with Gasteiger partial charge < -0.3 is 5.73 Å². The zero-order valence-electron chi connectivity index (χ0n) is 15.8. The molecule has 2 aromatic rings. The van der Waals surface area contributed by atoms with Gasteiger partial charge >= 0.3 is 0 Å². The van der Waals surface area contributed by atoms with Crippen LogP contribution in [-0.4, -0.2) is 10.1 Å². The lowest BCUT2D eigenvalue weighted by Gasteiger charge is -2.21. The van der Waals surface area contributed by atoms with Crippen LogP contribution in [0.3, 0.4) is 0 Å². The van der Waals surface area contributed by atoms with Gasteiger partial charge in [-0.05, 0) is 48.4 Å². The summed E-state index contributed by atoms with van der Waals surface area (Å²) in [5.74, 6) is 1.15. The largest absolute Gasteiger partial charge is 0.326 e. The Morgan fingerprint density at radius 3 is 2.32 bits per heavy atom. The van der Waals surface area contributed by atoms with E-state index < -0.39 is 0 Å². The van der Waals surface area contributed by atoms with Crippen molar-refractivity contribution in [3.8, 4) is 11.1 Å². The Labute approximate surface area is 155 Å². The van der Waals surface area contributed by atoms with Gasteiger partial charge in [0.2, 0.25) is 0 Å². The molecular weight excluding hydrogens is 328 g/mol. The quantitative estimate of drug-likeness (QED) is 0.807. The van der Waals surface area contributed by atoms with Gasteiger partial charge in [0.1, 0.15) is 0 Å². The highest BCUT2D eigenvalue weighted by Crippen LogP contribution is 2.34. The van der Waals surface area contributed by atoms with Crippen molar-refractivity contribution in [1.29, 1.82) is 0 Å². The molecule has 25 heavy (non-hydrogen) atoms. The molecule has 0 radical (unpaired) electrons. The fourth-order valence-electron chi connectivity index (χ4n) is 3.04. The van der Waals surface area contributed by atoms with E-state index in [4.69, 9.17) is 10.7 Å². The number of aryl methyl sites for hydroxylation is 2. The average Bonchev–Trinajstić information content (AvgIpc) is 2.53. The number of pyridine rings is 1. The van der Waals surface area contributed by atoms with Gasteiger partial charge in [-0.25, -0.2) is 0 Å². The Morgan fingerprint density at radius 1 is 1.16 bits per heavy atom. The third-order valence-corrected chi connectivity index (χ3v) is 5.10. The van der Waals surface area contributed by atoms with Crippen LogP contribution in [-0.2, 0) is 23.5 Å². The number of thioether (sulfide) groups is 1. The van der Waals surface area contributed by atoms with E-state index in [1.165, 1.54) is 22.9 Å². The van der Waals surface area contributed by atoms with Gasteiger partial charge in [-0.1, -0.05) is 55.4 Å². The highest BCUT2D eigenvalue weighted by molar-refractivity contribution is 8.12. The number of carbonyl (C=O) groups is 1. The summed E-state index contributed by atoms with van der Waals surface area (Å²) in [7, 11) is 0. The maximum atomic E-state index is 11.5. The van der Waals surface area contributed by atoms with Gasteiger partial charge in [0.25, 0.3) is 0 Å². The molecule has 0 atom stereocenters. The van der Waals surface area contributed by atoms with Crippen molar-refractivity contribution in [2.45, 2.75) is 53.3 Å². The van der Waals surface area contributed by atoms with Gasteiger partial charge in [-0.3, -0.25) is 9.78 Å².